The van der Waals surface area contributed by atoms with Crippen LogP contribution in [0.2, 0.25) is 0 Å². The van der Waals surface area contributed by atoms with E-state index < -0.39 is 11.6 Å². The molecule has 0 aromatic heterocycles. The molecule has 0 aliphatic carbocycles. The van der Waals surface area contributed by atoms with Gasteiger partial charge in [-0.05, 0) is 29.7 Å². The summed E-state index contributed by atoms with van der Waals surface area (Å²) in [5, 5.41) is 0. The lowest BCUT2D eigenvalue weighted by Gasteiger charge is -2.11. The van der Waals surface area contributed by atoms with Crippen LogP contribution in [0.3, 0.4) is 0 Å². The molecule has 0 fully saturated rings. The molecule has 0 spiro atoms. The Morgan fingerprint density at radius 1 is 1.25 bits per heavy atom. The second-order valence-corrected chi connectivity index (χ2v) is 3.18. The number of hydrogen-bond donors (Lipinski definition) is 1. The first kappa shape index (κ1) is 7.61. The normalized spacial score (nSPS) is 13.8. The predicted octanol–water partition coefficient (Wildman–Crippen LogP) is 2.55. The summed E-state index contributed by atoms with van der Waals surface area (Å²) in [4.78, 5) is 0.317. The second-order valence-electron chi connectivity index (χ2n) is 2.33. The van der Waals surface area contributed by atoms with Crippen molar-refractivity contribution in [2.75, 3.05) is 0 Å². The number of fused-ring (bicyclic) bond motifs is 1. The van der Waals surface area contributed by atoms with Gasteiger partial charge in [0.15, 0.2) is 11.6 Å². The molecule has 0 amide bonds. The molecule has 1 N–H and O–H groups in total. The van der Waals surface area contributed by atoms with Crippen molar-refractivity contribution in [1.82, 2.24) is 4.72 Å². The zero-order valence-electron chi connectivity index (χ0n) is 5.97. The highest BCUT2D eigenvalue weighted by Crippen LogP contribution is 2.29. The van der Waals surface area contributed by atoms with E-state index in [0.29, 0.717) is 10.5 Å². The van der Waals surface area contributed by atoms with Crippen molar-refractivity contribution in [2.45, 2.75) is 4.90 Å². The van der Waals surface area contributed by atoms with Gasteiger partial charge in [0.25, 0.3) is 0 Å². The fourth-order valence-corrected chi connectivity index (χ4v) is 1.69. The molecular weight excluding hydrogens is 180 g/mol. The van der Waals surface area contributed by atoms with Crippen LogP contribution >= 0.6 is 11.9 Å². The Hall–Kier alpha value is -1.03. The lowest BCUT2D eigenvalue weighted by Crippen LogP contribution is -2.01. The van der Waals surface area contributed by atoms with Gasteiger partial charge in [0.2, 0.25) is 0 Å². The van der Waals surface area contributed by atoms with Gasteiger partial charge < -0.3 is 4.72 Å². The van der Waals surface area contributed by atoms with E-state index in [-0.39, 0.29) is 0 Å². The van der Waals surface area contributed by atoms with Crippen molar-refractivity contribution in [3.8, 4) is 0 Å². The molecule has 1 aromatic carbocycles. The zero-order valence-corrected chi connectivity index (χ0v) is 6.79. The van der Waals surface area contributed by atoms with Crippen LogP contribution < -0.4 is 4.72 Å². The average Bonchev–Trinajstić information content (AvgIpc) is 2.12. The van der Waals surface area contributed by atoms with E-state index >= 15 is 0 Å². The predicted molar refractivity (Wildman–Crippen MR) is 44.4 cm³/mol. The Bertz CT molecular complexity index is 349. The minimum atomic E-state index is -0.807. The van der Waals surface area contributed by atoms with E-state index in [9.17, 15) is 8.78 Å². The van der Waals surface area contributed by atoms with Crippen molar-refractivity contribution in [2.24, 2.45) is 0 Å². The highest BCUT2D eigenvalue weighted by atomic mass is 32.2. The lowest BCUT2D eigenvalue weighted by molar-refractivity contribution is 0.491. The van der Waals surface area contributed by atoms with Crippen LogP contribution in [-0.4, -0.2) is 0 Å². The van der Waals surface area contributed by atoms with E-state index in [0.717, 1.165) is 18.0 Å². The summed E-state index contributed by atoms with van der Waals surface area (Å²) < 4.78 is 28.4. The molecule has 12 heavy (non-hydrogen) atoms. The molecule has 0 atom stereocenters. The third kappa shape index (κ3) is 1.08. The van der Waals surface area contributed by atoms with E-state index in [1.807, 2.05) is 0 Å². The van der Waals surface area contributed by atoms with E-state index in [1.54, 1.807) is 18.3 Å². The van der Waals surface area contributed by atoms with Crippen molar-refractivity contribution in [3.63, 3.8) is 0 Å². The standard InChI is InChI=1S/C8H5F2NS/c9-6-2-1-5-3-4-11-12-8(5)7(6)10/h1-4,11H. The third-order valence-electron chi connectivity index (χ3n) is 1.57. The maximum absolute atomic E-state index is 13.0. The third-order valence-corrected chi connectivity index (χ3v) is 2.45. The molecular formula is C8H5F2NS. The molecule has 1 aliphatic heterocycles. The van der Waals surface area contributed by atoms with Gasteiger partial charge in [0.05, 0.1) is 4.90 Å². The van der Waals surface area contributed by atoms with Crippen LogP contribution in [0.25, 0.3) is 6.08 Å². The van der Waals surface area contributed by atoms with Gasteiger partial charge in [0.1, 0.15) is 0 Å². The molecule has 0 saturated carbocycles. The van der Waals surface area contributed by atoms with Gasteiger partial charge >= 0.3 is 0 Å². The number of halogens is 2. The molecule has 4 heteroatoms. The first-order valence-electron chi connectivity index (χ1n) is 3.36. The molecule has 0 saturated heterocycles. The van der Waals surface area contributed by atoms with Crippen LogP contribution in [0, 0.1) is 11.6 Å². The van der Waals surface area contributed by atoms with E-state index in [2.05, 4.69) is 4.72 Å². The van der Waals surface area contributed by atoms with Crippen LogP contribution in [0.1, 0.15) is 5.56 Å². The van der Waals surface area contributed by atoms with E-state index in [4.69, 9.17) is 0 Å². The van der Waals surface area contributed by atoms with Crippen molar-refractivity contribution in [3.05, 3.63) is 35.5 Å². The molecule has 1 heterocycles. The maximum Gasteiger partial charge on any atom is 0.174 e. The van der Waals surface area contributed by atoms with Crippen LogP contribution in [-0.2, 0) is 0 Å². The van der Waals surface area contributed by atoms with Gasteiger partial charge in [-0.25, -0.2) is 8.78 Å². The van der Waals surface area contributed by atoms with Gasteiger partial charge in [-0.1, -0.05) is 6.07 Å². The summed E-state index contributed by atoms with van der Waals surface area (Å²) in [7, 11) is 0. The largest absolute Gasteiger partial charge is 0.332 e. The summed E-state index contributed by atoms with van der Waals surface area (Å²) in [5.41, 5.74) is 0.706. The summed E-state index contributed by atoms with van der Waals surface area (Å²) in [6, 6.07) is 2.68. The molecule has 0 bridgehead atoms. The minimum absolute atomic E-state index is 0.317. The highest BCUT2D eigenvalue weighted by Gasteiger charge is 2.14. The van der Waals surface area contributed by atoms with Crippen molar-refractivity contribution < 1.29 is 8.78 Å². The number of benzene rings is 1. The minimum Gasteiger partial charge on any atom is -0.332 e. The summed E-state index contributed by atoms with van der Waals surface area (Å²) in [6.07, 6.45) is 3.39. The Labute approximate surface area is 72.6 Å². The molecule has 1 aromatic rings. The zero-order chi connectivity index (χ0) is 8.55. The van der Waals surface area contributed by atoms with Gasteiger partial charge in [-0.3, -0.25) is 0 Å². The van der Waals surface area contributed by atoms with E-state index in [1.165, 1.54) is 0 Å². The summed E-state index contributed by atoms with van der Waals surface area (Å²) in [5.74, 6) is -1.59. The van der Waals surface area contributed by atoms with Gasteiger partial charge in [-0.2, -0.15) is 0 Å². The van der Waals surface area contributed by atoms with Crippen LogP contribution in [0.4, 0.5) is 8.78 Å². The molecule has 62 valence electrons. The molecule has 0 radical (unpaired) electrons. The Kier molecular flexibility index (Phi) is 1.77. The van der Waals surface area contributed by atoms with Gasteiger partial charge in [0, 0.05) is 6.20 Å². The Morgan fingerprint density at radius 3 is 2.92 bits per heavy atom. The quantitative estimate of drug-likeness (QED) is 0.623. The molecule has 2 rings (SSSR count). The number of hydrogen-bond acceptors (Lipinski definition) is 2. The summed E-state index contributed by atoms with van der Waals surface area (Å²) >= 11 is 1.08. The average molecular weight is 185 g/mol. The Morgan fingerprint density at radius 2 is 2.08 bits per heavy atom. The molecule has 0 unspecified atom stereocenters. The topological polar surface area (TPSA) is 12.0 Å². The molecule has 1 nitrogen and oxygen atoms in total. The fraction of sp³-hybridized carbons (Fsp3) is 0. The second kappa shape index (κ2) is 2.79. The monoisotopic (exact) mass is 185 g/mol. The van der Waals surface area contributed by atoms with Crippen LogP contribution in [0.15, 0.2) is 23.2 Å². The first-order valence-corrected chi connectivity index (χ1v) is 4.17. The lowest BCUT2D eigenvalue weighted by atomic mass is 10.2. The summed E-state index contributed by atoms with van der Waals surface area (Å²) in [6.45, 7) is 0. The first-order chi connectivity index (χ1) is 5.79. The van der Waals surface area contributed by atoms with Crippen LogP contribution in [0.5, 0.6) is 0 Å². The molecule has 1 aliphatic rings. The SMILES string of the molecule is Fc1ccc2c(c1F)SNC=C2. The smallest absolute Gasteiger partial charge is 0.174 e. The Balaban J connectivity index is 2.63. The number of rotatable bonds is 0. The van der Waals surface area contributed by atoms with Gasteiger partial charge in [-0.15, -0.1) is 0 Å². The number of nitrogens with one attached hydrogen (secondary N) is 1. The fourth-order valence-electron chi connectivity index (χ4n) is 0.999. The maximum atomic E-state index is 13.0. The van der Waals surface area contributed by atoms with Crippen molar-refractivity contribution >= 4 is 18.0 Å². The van der Waals surface area contributed by atoms with Crippen molar-refractivity contribution in [1.29, 1.82) is 0 Å². The highest BCUT2D eigenvalue weighted by molar-refractivity contribution is 7.97.